The van der Waals surface area contributed by atoms with Crippen molar-refractivity contribution >= 4 is 16.7 Å². The molecule has 0 atom stereocenters. The largest absolute Gasteiger partial charge is 0.212 e. The van der Waals surface area contributed by atoms with Gasteiger partial charge in [0.25, 0.3) is 0 Å². The van der Waals surface area contributed by atoms with E-state index in [1.54, 1.807) is 10.7 Å². The van der Waals surface area contributed by atoms with Gasteiger partial charge in [0.15, 0.2) is 0 Å². The van der Waals surface area contributed by atoms with E-state index >= 15 is 0 Å². The molecular weight excluding hydrogens is 228 g/mol. The molecule has 3 rings (SSSR count). The lowest BCUT2D eigenvalue weighted by Crippen LogP contribution is -1.96. The Morgan fingerprint density at radius 2 is 1.83 bits per heavy atom. The Hall–Kier alpha value is -2.85. The zero-order chi connectivity index (χ0) is 12.4. The maximum Gasteiger partial charge on any atom is 0.113 e. The van der Waals surface area contributed by atoms with E-state index in [4.69, 9.17) is 5.53 Å². The molecule has 0 amide bonds. The van der Waals surface area contributed by atoms with Gasteiger partial charge in [-0.3, -0.25) is 0 Å². The van der Waals surface area contributed by atoms with Crippen molar-refractivity contribution in [2.75, 3.05) is 0 Å². The third-order valence-corrected chi connectivity index (χ3v) is 2.61. The predicted molar refractivity (Wildman–Crippen MR) is 67.7 cm³/mol. The lowest BCUT2D eigenvalue weighted by Gasteiger charge is -2.04. The highest BCUT2D eigenvalue weighted by Gasteiger charge is 2.08. The van der Waals surface area contributed by atoms with Crippen LogP contribution in [0, 0.1) is 0 Å². The molecule has 1 heterocycles. The fraction of sp³-hybridized carbons (Fsp3) is 0. The molecule has 18 heavy (non-hydrogen) atoms. The highest BCUT2D eigenvalue weighted by molar-refractivity contribution is 5.77. The minimum absolute atomic E-state index is 0.524. The van der Waals surface area contributed by atoms with Gasteiger partial charge < -0.3 is 0 Å². The van der Waals surface area contributed by atoms with Gasteiger partial charge in [0.05, 0.1) is 16.9 Å². The van der Waals surface area contributed by atoms with Gasteiger partial charge in [-0.25, -0.2) is 4.68 Å². The fourth-order valence-electron chi connectivity index (χ4n) is 1.82. The molecule has 6 nitrogen and oxygen atoms in total. The van der Waals surface area contributed by atoms with Crippen molar-refractivity contribution in [3.8, 4) is 5.69 Å². The topological polar surface area (TPSA) is 79.5 Å². The highest BCUT2D eigenvalue weighted by Crippen LogP contribution is 2.25. The van der Waals surface area contributed by atoms with Crippen LogP contribution in [0.25, 0.3) is 27.2 Å². The molecule has 0 saturated heterocycles. The quantitative estimate of drug-likeness (QED) is 0.388. The maximum absolute atomic E-state index is 8.57. The summed E-state index contributed by atoms with van der Waals surface area (Å²) in [5, 5.41) is 11.8. The summed E-state index contributed by atoms with van der Waals surface area (Å²) >= 11 is 0. The molecule has 2 aromatic carbocycles. The number of fused-ring (bicyclic) bond motifs is 1. The molecule has 0 unspecified atom stereocenters. The first-order valence-electron chi connectivity index (χ1n) is 5.35. The summed E-state index contributed by atoms with van der Waals surface area (Å²) in [5.74, 6) is 0. The van der Waals surface area contributed by atoms with E-state index in [2.05, 4.69) is 20.3 Å². The zero-order valence-electron chi connectivity index (χ0n) is 9.30. The Morgan fingerprint density at radius 1 is 1.06 bits per heavy atom. The second-order valence-electron chi connectivity index (χ2n) is 3.67. The van der Waals surface area contributed by atoms with Crippen LogP contribution in [0.2, 0.25) is 0 Å². The number of nitrogens with zero attached hydrogens (tertiary/aromatic N) is 6. The van der Waals surface area contributed by atoms with Crippen LogP contribution in [-0.4, -0.2) is 15.0 Å². The van der Waals surface area contributed by atoms with E-state index in [9.17, 15) is 0 Å². The van der Waals surface area contributed by atoms with Crippen molar-refractivity contribution in [1.82, 2.24) is 15.0 Å². The van der Waals surface area contributed by atoms with Crippen LogP contribution in [0.3, 0.4) is 0 Å². The molecule has 6 heteroatoms. The highest BCUT2D eigenvalue weighted by atomic mass is 15.4. The number of hydrogen-bond acceptors (Lipinski definition) is 3. The monoisotopic (exact) mass is 236 g/mol. The molecule has 0 N–H and O–H groups in total. The third-order valence-electron chi connectivity index (χ3n) is 2.61. The van der Waals surface area contributed by atoms with Crippen molar-refractivity contribution in [2.24, 2.45) is 5.11 Å². The molecule has 0 aliphatic heterocycles. The van der Waals surface area contributed by atoms with Crippen LogP contribution in [0.4, 0.5) is 5.69 Å². The third kappa shape index (κ3) is 1.57. The van der Waals surface area contributed by atoms with E-state index in [1.165, 1.54) is 0 Å². The second kappa shape index (κ2) is 4.20. The Labute approximate surface area is 102 Å². The second-order valence-corrected chi connectivity index (χ2v) is 3.67. The summed E-state index contributed by atoms with van der Waals surface area (Å²) in [7, 11) is 0. The van der Waals surface area contributed by atoms with Gasteiger partial charge in [-0.2, -0.15) is 0 Å². The van der Waals surface area contributed by atoms with Crippen molar-refractivity contribution in [3.63, 3.8) is 0 Å². The van der Waals surface area contributed by atoms with Gasteiger partial charge in [0, 0.05) is 4.91 Å². The van der Waals surface area contributed by atoms with Gasteiger partial charge in [0.2, 0.25) is 0 Å². The number of aromatic nitrogens is 3. The Kier molecular flexibility index (Phi) is 2.40. The van der Waals surface area contributed by atoms with Crippen LogP contribution >= 0.6 is 0 Å². The molecule has 0 spiro atoms. The Balaban J connectivity index is 2.29. The summed E-state index contributed by atoms with van der Waals surface area (Å²) in [6.45, 7) is 0. The molecule has 3 aromatic rings. The van der Waals surface area contributed by atoms with Crippen LogP contribution < -0.4 is 0 Å². The Bertz CT molecular complexity index is 754. The lowest BCUT2D eigenvalue weighted by atomic mass is 10.2. The van der Waals surface area contributed by atoms with Crippen molar-refractivity contribution in [3.05, 3.63) is 59.0 Å². The first kappa shape index (κ1) is 10.3. The van der Waals surface area contributed by atoms with Crippen LogP contribution in [0.1, 0.15) is 0 Å². The van der Waals surface area contributed by atoms with E-state index in [0.717, 1.165) is 11.0 Å². The molecule has 0 aliphatic rings. The number of hydrogen-bond donors (Lipinski definition) is 0. The van der Waals surface area contributed by atoms with E-state index in [1.807, 2.05) is 42.5 Å². The molecule has 1 aromatic heterocycles. The fourth-order valence-corrected chi connectivity index (χ4v) is 1.82. The maximum atomic E-state index is 8.57. The van der Waals surface area contributed by atoms with E-state index in [0.29, 0.717) is 11.4 Å². The number of rotatable bonds is 2. The molecule has 0 bridgehead atoms. The van der Waals surface area contributed by atoms with Gasteiger partial charge in [-0.05, 0) is 23.7 Å². The van der Waals surface area contributed by atoms with Crippen LogP contribution in [-0.2, 0) is 0 Å². The predicted octanol–water partition coefficient (Wildman–Crippen LogP) is 3.36. The molecule has 0 aliphatic carbocycles. The molecule has 0 radical (unpaired) electrons. The van der Waals surface area contributed by atoms with Gasteiger partial charge in [0.1, 0.15) is 5.52 Å². The molecular formula is C12H8N6. The van der Waals surface area contributed by atoms with Crippen molar-refractivity contribution in [1.29, 1.82) is 0 Å². The minimum atomic E-state index is 0.524. The standard InChI is InChI=1S/C12H8N6/c13-16-14-9-5-1-3-7-11(9)18-12-8-4-2-6-10(12)15-17-18/h1-8H. The average Bonchev–Trinajstić information content (AvgIpc) is 2.84. The zero-order valence-corrected chi connectivity index (χ0v) is 9.30. The van der Waals surface area contributed by atoms with E-state index in [-0.39, 0.29) is 0 Å². The summed E-state index contributed by atoms with van der Waals surface area (Å²) < 4.78 is 1.67. The van der Waals surface area contributed by atoms with Crippen molar-refractivity contribution < 1.29 is 0 Å². The number of para-hydroxylation sites is 2. The molecule has 0 saturated carbocycles. The summed E-state index contributed by atoms with van der Waals surface area (Å²) in [6.07, 6.45) is 0. The smallest absolute Gasteiger partial charge is 0.113 e. The number of azide groups is 1. The van der Waals surface area contributed by atoms with Gasteiger partial charge in [-0.1, -0.05) is 40.7 Å². The lowest BCUT2D eigenvalue weighted by molar-refractivity contribution is 0.824. The summed E-state index contributed by atoms with van der Waals surface area (Å²) in [6, 6.07) is 14.9. The Morgan fingerprint density at radius 3 is 2.72 bits per heavy atom. The summed E-state index contributed by atoms with van der Waals surface area (Å²) in [4.78, 5) is 2.82. The number of benzene rings is 2. The molecule has 86 valence electrons. The van der Waals surface area contributed by atoms with Gasteiger partial charge >= 0.3 is 0 Å². The minimum Gasteiger partial charge on any atom is -0.212 e. The average molecular weight is 236 g/mol. The van der Waals surface area contributed by atoms with Crippen LogP contribution in [0.15, 0.2) is 53.6 Å². The van der Waals surface area contributed by atoms with Gasteiger partial charge in [-0.15, -0.1) is 5.10 Å². The SMILES string of the molecule is [N-]=[N+]=Nc1ccccc1-n1nnc2ccccc21. The first-order chi connectivity index (χ1) is 8.90. The first-order valence-corrected chi connectivity index (χ1v) is 5.35. The summed E-state index contributed by atoms with van der Waals surface area (Å²) in [5.41, 5.74) is 11.5. The van der Waals surface area contributed by atoms with E-state index < -0.39 is 0 Å². The van der Waals surface area contributed by atoms with Crippen molar-refractivity contribution in [2.45, 2.75) is 0 Å². The van der Waals surface area contributed by atoms with Crippen LogP contribution in [0.5, 0.6) is 0 Å². The normalized spacial score (nSPS) is 10.2. The molecule has 0 fully saturated rings.